The Morgan fingerprint density at radius 1 is 1.12 bits per heavy atom. The van der Waals surface area contributed by atoms with Crippen molar-refractivity contribution in [3.05, 3.63) is 39.9 Å². The van der Waals surface area contributed by atoms with E-state index in [1.165, 1.54) is 6.07 Å². The molecule has 0 atom stereocenters. The van der Waals surface area contributed by atoms with Crippen LogP contribution in [0.25, 0.3) is 10.9 Å². The van der Waals surface area contributed by atoms with Crippen LogP contribution in [0.5, 0.6) is 0 Å². The number of benzene rings is 1. The molecule has 3 heterocycles. The fourth-order valence-corrected chi connectivity index (χ4v) is 4.54. The second-order valence-electron chi connectivity index (χ2n) is 8.83. The van der Waals surface area contributed by atoms with E-state index in [1.54, 1.807) is 12.3 Å². The lowest BCUT2D eigenvalue weighted by Gasteiger charge is -2.34. The predicted octanol–water partition coefficient (Wildman–Crippen LogP) is 1.36. The number of piperazine rings is 1. The zero-order valence-electron chi connectivity index (χ0n) is 19.6. The number of aromatic nitrogens is 1. The van der Waals surface area contributed by atoms with Crippen LogP contribution < -0.4 is 15.6 Å². The molecule has 180 valence electrons. The molecule has 2 aromatic rings. The Hall–Kier alpha value is -2.49. The number of anilines is 1. The molecule has 0 bridgehead atoms. The van der Waals surface area contributed by atoms with Gasteiger partial charge >= 0.3 is 0 Å². The number of pyridine rings is 1. The lowest BCUT2D eigenvalue weighted by molar-refractivity contribution is 0.0374. The Balaban J connectivity index is 1.51. The summed E-state index contributed by atoms with van der Waals surface area (Å²) in [7, 11) is 2.05. The molecular weight excluding hydrogens is 425 g/mol. The van der Waals surface area contributed by atoms with E-state index in [9.17, 15) is 9.59 Å². The van der Waals surface area contributed by atoms with Gasteiger partial charge in [-0.3, -0.25) is 14.5 Å². The number of nitrogens with zero attached hydrogens (tertiary/aromatic N) is 4. The van der Waals surface area contributed by atoms with E-state index in [0.717, 1.165) is 65.4 Å². The van der Waals surface area contributed by atoms with Crippen molar-refractivity contribution >= 4 is 22.5 Å². The van der Waals surface area contributed by atoms with Crippen molar-refractivity contribution in [2.24, 2.45) is 0 Å². The van der Waals surface area contributed by atoms with Crippen molar-refractivity contribution in [2.45, 2.75) is 19.9 Å². The van der Waals surface area contributed by atoms with E-state index in [2.05, 4.69) is 22.2 Å². The Labute approximate surface area is 193 Å². The van der Waals surface area contributed by atoms with Crippen molar-refractivity contribution in [3.8, 4) is 0 Å². The molecule has 1 aromatic carbocycles. The van der Waals surface area contributed by atoms with Crippen molar-refractivity contribution in [2.75, 3.05) is 77.5 Å². The zero-order valence-corrected chi connectivity index (χ0v) is 19.6. The number of ether oxygens (including phenoxy) is 1. The van der Waals surface area contributed by atoms with Crippen LogP contribution in [0.4, 0.5) is 10.1 Å². The Morgan fingerprint density at radius 2 is 1.85 bits per heavy atom. The van der Waals surface area contributed by atoms with Crippen molar-refractivity contribution in [1.82, 2.24) is 19.7 Å². The minimum Gasteiger partial charge on any atom is -0.379 e. The van der Waals surface area contributed by atoms with Crippen LogP contribution in [-0.4, -0.2) is 92.9 Å². The van der Waals surface area contributed by atoms with Gasteiger partial charge < -0.3 is 24.4 Å². The van der Waals surface area contributed by atoms with Crippen LogP contribution in [0.1, 0.15) is 23.7 Å². The summed E-state index contributed by atoms with van der Waals surface area (Å²) in [6, 6.07) is 3.05. The fourth-order valence-electron chi connectivity index (χ4n) is 4.54. The van der Waals surface area contributed by atoms with Crippen LogP contribution in [0.3, 0.4) is 0 Å². The lowest BCUT2D eigenvalue weighted by Crippen LogP contribution is -2.44. The summed E-state index contributed by atoms with van der Waals surface area (Å²) < 4.78 is 22.3. The Bertz CT molecular complexity index is 1040. The fraction of sp³-hybridized carbons (Fsp3) is 0.583. The molecule has 0 radical (unpaired) electrons. The average Bonchev–Trinajstić information content (AvgIpc) is 2.83. The Morgan fingerprint density at radius 3 is 2.55 bits per heavy atom. The molecule has 1 aromatic heterocycles. The molecule has 0 saturated carbocycles. The second kappa shape index (κ2) is 10.6. The number of carbonyl (C=O) groups excluding carboxylic acids is 1. The van der Waals surface area contributed by atoms with Crippen LogP contribution in [0.2, 0.25) is 0 Å². The normalized spacial score (nSPS) is 18.1. The molecular formula is C24H34FN5O3. The Kier molecular flexibility index (Phi) is 7.62. The number of nitrogens with one attached hydrogen (secondary N) is 1. The summed E-state index contributed by atoms with van der Waals surface area (Å²) in [6.45, 7) is 10.4. The number of likely N-dealkylation sites (N-methyl/N-ethyl adjacent to an activating group) is 1. The first-order chi connectivity index (χ1) is 16.0. The number of rotatable bonds is 7. The van der Waals surface area contributed by atoms with Gasteiger partial charge in [0.05, 0.1) is 24.4 Å². The number of morpholine rings is 1. The zero-order chi connectivity index (χ0) is 23.4. The highest BCUT2D eigenvalue weighted by molar-refractivity contribution is 5.97. The minimum absolute atomic E-state index is 0.0578. The average molecular weight is 460 g/mol. The first kappa shape index (κ1) is 23.7. The quantitative estimate of drug-likeness (QED) is 0.631. The summed E-state index contributed by atoms with van der Waals surface area (Å²) in [5, 5.41) is 3.10. The van der Waals surface area contributed by atoms with E-state index in [1.807, 2.05) is 16.4 Å². The highest BCUT2D eigenvalue weighted by atomic mass is 19.1. The van der Waals surface area contributed by atoms with Crippen LogP contribution in [0, 0.1) is 5.82 Å². The second-order valence-corrected chi connectivity index (χ2v) is 8.83. The van der Waals surface area contributed by atoms with E-state index in [-0.39, 0.29) is 10.9 Å². The topological polar surface area (TPSA) is 70.0 Å². The number of hydrogen-bond acceptors (Lipinski definition) is 6. The number of fused-ring (bicyclic) bond motifs is 1. The molecule has 4 rings (SSSR count). The molecule has 9 heteroatoms. The van der Waals surface area contributed by atoms with Crippen molar-refractivity contribution in [1.29, 1.82) is 0 Å². The van der Waals surface area contributed by atoms with Crippen molar-refractivity contribution < 1.29 is 13.9 Å². The van der Waals surface area contributed by atoms with Gasteiger partial charge in [-0.15, -0.1) is 0 Å². The van der Waals surface area contributed by atoms with Gasteiger partial charge in [-0.25, -0.2) is 4.39 Å². The van der Waals surface area contributed by atoms with Gasteiger partial charge in [0.15, 0.2) is 0 Å². The first-order valence-corrected chi connectivity index (χ1v) is 11.9. The maximum atomic E-state index is 15.1. The molecule has 2 fully saturated rings. The summed E-state index contributed by atoms with van der Waals surface area (Å²) in [5.41, 5.74) is 0.797. The maximum absolute atomic E-state index is 15.1. The molecule has 2 aliphatic rings. The van der Waals surface area contributed by atoms with E-state index >= 15 is 4.39 Å². The lowest BCUT2D eigenvalue weighted by atomic mass is 10.1. The van der Waals surface area contributed by atoms with Gasteiger partial charge in [0.1, 0.15) is 11.4 Å². The minimum atomic E-state index is -0.427. The van der Waals surface area contributed by atoms with Gasteiger partial charge in [0.2, 0.25) is 5.43 Å². The third-order valence-corrected chi connectivity index (χ3v) is 6.62. The summed E-state index contributed by atoms with van der Waals surface area (Å²) >= 11 is 0. The van der Waals surface area contributed by atoms with Gasteiger partial charge in [-0.05, 0) is 39.1 Å². The number of amides is 1. The summed E-state index contributed by atoms with van der Waals surface area (Å²) in [4.78, 5) is 32.4. The molecule has 2 saturated heterocycles. The van der Waals surface area contributed by atoms with E-state index in [0.29, 0.717) is 24.3 Å². The smallest absolute Gasteiger partial charge is 0.256 e. The molecule has 2 aliphatic heterocycles. The molecule has 0 unspecified atom stereocenters. The standard InChI is InChI=1S/C24H34FN5O3/c1-3-29-17-19(24(32)26-5-4-6-28-11-13-33-14-12-28)23(31)18-15-20(25)22(16-21(18)29)30-9-7-27(2)8-10-30/h15-17H,3-14H2,1-2H3,(H,26,32). The number of carbonyl (C=O) groups is 1. The van der Waals surface area contributed by atoms with Gasteiger partial charge in [-0.2, -0.15) is 0 Å². The van der Waals surface area contributed by atoms with Crippen LogP contribution in [0.15, 0.2) is 23.1 Å². The third-order valence-electron chi connectivity index (χ3n) is 6.62. The number of hydrogen-bond donors (Lipinski definition) is 1. The molecule has 33 heavy (non-hydrogen) atoms. The molecule has 1 amide bonds. The SMILES string of the molecule is CCn1cc(C(=O)NCCCN2CCOCC2)c(=O)c2cc(F)c(N3CCN(C)CC3)cc21. The monoisotopic (exact) mass is 459 g/mol. The van der Waals surface area contributed by atoms with E-state index in [4.69, 9.17) is 4.74 Å². The van der Waals surface area contributed by atoms with Gasteiger partial charge in [0, 0.05) is 63.9 Å². The number of aryl methyl sites for hydroxylation is 1. The molecule has 0 spiro atoms. The summed E-state index contributed by atoms with van der Waals surface area (Å²) in [5.74, 6) is -0.829. The number of halogens is 1. The first-order valence-electron chi connectivity index (χ1n) is 11.9. The van der Waals surface area contributed by atoms with Crippen molar-refractivity contribution in [3.63, 3.8) is 0 Å². The highest BCUT2D eigenvalue weighted by Gasteiger charge is 2.21. The highest BCUT2D eigenvalue weighted by Crippen LogP contribution is 2.26. The van der Waals surface area contributed by atoms with E-state index < -0.39 is 17.2 Å². The maximum Gasteiger partial charge on any atom is 0.256 e. The molecule has 8 nitrogen and oxygen atoms in total. The van der Waals surface area contributed by atoms with Crippen LogP contribution in [-0.2, 0) is 11.3 Å². The van der Waals surface area contributed by atoms with Gasteiger partial charge in [0.25, 0.3) is 5.91 Å². The molecule has 0 aliphatic carbocycles. The predicted molar refractivity (Wildman–Crippen MR) is 128 cm³/mol. The van der Waals surface area contributed by atoms with Gasteiger partial charge in [-0.1, -0.05) is 0 Å². The molecule has 1 N–H and O–H groups in total. The largest absolute Gasteiger partial charge is 0.379 e. The third kappa shape index (κ3) is 5.37. The summed E-state index contributed by atoms with van der Waals surface area (Å²) in [6.07, 6.45) is 2.40. The van der Waals surface area contributed by atoms with Crippen LogP contribution >= 0.6 is 0 Å².